The van der Waals surface area contributed by atoms with Crippen molar-refractivity contribution in [1.82, 2.24) is 0 Å². The lowest BCUT2D eigenvalue weighted by Gasteiger charge is -2.42. The molecule has 0 amide bonds. The van der Waals surface area contributed by atoms with Crippen molar-refractivity contribution in [3.05, 3.63) is 34.9 Å². The van der Waals surface area contributed by atoms with Crippen LogP contribution >= 0.6 is 0 Å². The Morgan fingerprint density at radius 2 is 1.59 bits per heavy atom. The lowest BCUT2D eigenvalue weighted by atomic mass is 9.63. The number of hydrogen-bond acceptors (Lipinski definition) is 2. The molecule has 1 aromatic rings. The van der Waals surface area contributed by atoms with Crippen LogP contribution in [0.15, 0.2) is 18.2 Å². The summed E-state index contributed by atoms with van der Waals surface area (Å²) < 4.78 is 0. The summed E-state index contributed by atoms with van der Waals surface area (Å²) in [6.45, 7) is 8.81. The topological polar surface area (TPSA) is 40.1 Å². The van der Waals surface area contributed by atoms with E-state index in [-0.39, 0.29) is 16.4 Å². The fourth-order valence-corrected chi connectivity index (χ4v) is 2.72. The number of hydrogen-bond donors (Lipinski definition) is 0. The van der Waals surface area contributed by atoms with Crippen molar-refractivity contribution in [2.75, 3.05) is 0 Å². The lowest BCUT2D eigenvalue weighted by molar-refractivity contribution is -0.255. The number of aromatic carboxylic acids is 1. The number of benzene rings is 1. The van der Waals surface area contributed by atoms with Crippen molar-refractivity contribution in [2.45, 2.75) is 51.4 Å². The van der Waals surface area contributed by atoms with Gasteiger partial charge in [-0.2, -0.15) is 0 Å². The zero-order valence-corrected chi connectivity index (χ0v) is 11.0. The molecule has 0 fully saturated rings. The van der Waals surface area contributed by atoms with Crippen LogP contribution in [-0.4, -0.2) is 5.97 Å². The molecule has 0 radical (unpaired) electrons. The SMILES string of the molecule is CC1(C)CCC(C)(C)c2cc(C(=O)[O-])ccc21. The van der Waals surface area contributed by atoms with E-state index in [1.165, 1.54) is 5.56 Å². The van der Waals surface area contributed by atoms with Crippen LogP contribution in [-0.2, 0) is 10.8 Å². The third-order valence-corrected chi connectivity index (χ3v) is 4.09. The zero-order valence-electron chi connectivity index (χ0n) is 11.0. The van der Waals surface area contributed by atoms with Gasteiger partial charge in [-0.3, -0.25) is 0 Å². The van der Waals surface area contributed by atoms with E-state index in [0.29, 0.717) is 0 Å². The van der Waals surface area contributed by atoms with Gasteiger partial charge >= 0.3 is 0 Å². The summed E-state index contributed by atoms with van der Waals surface area (Å²) in [6, 6.07) is 5.42. The van der Waals surface area contributed by atoms with Gasteiger partial charge in [-0.1, -0.05) is 39.8 Å². The molecule has 1 aromatic carbocycles. The van der Waals surface area contributed by atoms with Crippen LogP contribution in [0.1, 0.15) is 62.0 Å². The maximum absolute atomic E-state index is 10.9. The Labute approximate surface area is 103 Å². The summed E-state index contributed by atoms with van der Waals surface area (Å²) in [5.74, 6) is -1.09. The molecule has 0 spiro atoms. The molecule has 0 heterocycles. The molecule has 0 saturated heterocycles. The molecule has 1 aliphatic rings. The van der Waals surface area contributed by atoms with Crippen molar-refractivity contribution in [2.24, 2.45) is 0 Å². The summed E-state index contributed by atoms with van der Waals surface area (Å²) in [4.78, 5) is 10.9. The first-order chi connectivity index (χ1) is 7.74. The average Bonchev–Trinajstić information content (AvgIpc) is 2.24. The van der Waals surface area contributed by atoms with Crippen LogP contribution in [0.3, 0.4) is 0 Å². The van der Waals surface area contributed by atoms with Crippen LogP contribution in [0.2, 0.25) is 0 Å². The van der Waals surface area contributed by atoms with E-state index in [4.69, 9.17) is 0 Å². The monoisotopic (exact) mass is 231 g/mol. The molecule has 0 aromatic heterocycles. The predicted octanol–water partition coefficient (Wildman–Crippen LogP) is 2.40. The van der Waals surface area contributed by atoms with E-state index in [0.717, 1.165) is 18.4 Å². The molecule has 0 aliphatic heterocycles. The first-order valence-electron chi connectivity index (χ1n) is 6.10. The second kappa shape index (κ2) is 3.59. The van der Waals surface area contributed by atoms with Crippen molar-refractivity contribution in [1.29, 1.82) is 0 Å². The molecule has 92 valence electrons. The van der Waals surface area contributed by atoms with Crippen molar-refractivity contribution in [3.63, 3.8) is 0 Å². The Bertz CT molecular complexity index is 470. The smallest absolute Gasteiger partial charge is 0.0715 e. The maximum atomic E-state index is 10.9. The highest BCUT2D eigenvalue weighted by Crippen LogP contribution is 2.45. The van der Waals surface area contributed by atoms with Crippen molar-refractivity contribution >= 4 is 5.97 Å². The quantitative estimate of drug-likeness (QED) is 0.744. The van der Waals surface area contributed by atoms with E-state index in [1.54, 1.807) is 12.1 Å². The fourth-order valence-electron chi connectivity index (χ4n) is 2.72. The van der Waals surface area contributed by atoms with Gasteiger partial charge < -0.3 is 9.90 Å². The standard InChI is InChI=1S/C15H20O2/c1-14(2)7-8-15(3,4)12-9-10(13(16)17)5-6-11(12)14/h5-6,9H,7-8H2,1-4H3,(H,16,17)/p-1. The third-order valence-electron chi connectivity index (χ3n) is 4.09. The first-order valence-corrected chi connectivity index (χ1v) is 6.10. The largest absolute Gasteiger partial charge is 0.545 e. The summed E-state index contributed by atoms with van der Waals surface area (Å²) in [6.07, 6.45) is 2.22. The maximum Gasteiger partial charge on any atom is 0.0715 e. The molecule has 0 atom stereocenters. The van der Waals surface area contributed by atoms with Crippen molar-refractivity contribution < 1.29 is 9.90 Å². The van der Waals surface area contributed by atoms with E-state index in [2.05, 4.69) is 27.7 Å². The highest BCUT2D eigenvalue weighted by atomic mass is 16.4. The predicted molar refractivity (Wildman–Crippen MR) is 66.1 cm³/mol. The number of carbonyl (C=O) groups excluding carboxylic acids is 1. The zero-order chi connectivity index (χ0) is 12.8. The summed E-state index contributed by atoms with van der Waals surface area (Å²) >= 11 is 0. The minimum Gasteiger partial charge on any atom is -0.545 e. The highest BCUT2D eigenvalue weighted by molar-refractivity contribution is 5.86. The van der Waals surface area contributed by atoms with Gasteiger partial charge in [-0.05, 0) is 46.4 Å². The molecule has 0 unspecified atom stereocenters. The summed E-state index contributed by atoms with van der Waals surface area (Å²) in [7, 11) is 0. The van der Waals surface area contributed by atoms with Gasteiger partial charge in [0.25, 0.3) is 0 Å². The molecule has 2 nitrogen and oxygen atoms in total. The number of rotatable bonds is 1. The molecule has 2 rings (SSSR count). The minimum atomic E-state index is -1.09. The van der Waals surface area contributed by atoms with Crippen LogP contribution in [0.4, 0.5) is 0 Å². The van der Waals surface area contributed by atoms with Crippen LogP contribution in [0, 0.1) is 0 Å². The highest BCUT2D eigenvalue weighted by Gasteiger charge is 2.36. The van der Waals surface area contributed by atoms with Crippen molar-refractivity contribution in [3.8, 4) is 0 Å². The molecular weight excluding hydrogens is 212 g/mol. The Morgan fingerprint density at radius 3 is 2.12 bits per heavy atom. The number of carboxylic acids is 1. The number of fused-ring (bicyclic) bond motifs is 1. The van der Waals surface area contributed by atoms with E-state index in [9.17, 15) is 9.90 Å². The van der Waals surface area contributed by atoms with Gasteiger partial charge in [0.15, 0.2) is 0 Å². The van der Waals surface area contributed by atoms with Gasteiger partial charge in [-0.15, -0.1) is 0 Å². The van der Waals surface area contributed by atoms with Crippen LogP contribution in [0.25, 0.3) is 0 Å². The molecule has 0 saturated carbocycles. The fraction of sp³-hybridized carbons (Fsp3) is 0.533. The average molecular weight is 231 g/mol. The number of carboxylic acid groups (broad SMARTS) is 1. The summed E-state index contributed by atoms with van der Waals surface area (Å²) in [5, 5.41) is 10.9. The van der Waals surface area contributed by atoms with Gasteiger partial charge in [0.2, 0.25) is 0 Å². The Kier molecular flexibility index (Phi) is 2.57. The summed E-state index contributed by atoms with van der Waals surface area (Å²) in [5.41, 5.74) is 2.91. The second-order valence-electron chi connectivity index (χ2n) is 6.32. The van der Waals surface area contributed by atoms with Gasteiger partial charge in [0.1, 0.15) is 0 Å². The Balaban J connectivity index is 2.64. The van der Waals surface area contributed by atoms with Gasteiger partial charge in [0.05, 0.1) is 5.97 Å². The Morgan fingerprint density at radius 1 is 1.06 bits per heavy atom. The van der Waals surface area contributed by atoms with Crippen LogP contribution < -0.4 is 5.11 Å². The lowest BCUT2D eigenvalue weighted by Crippen LogP contribution is -2.34. The molecular formula is C15H19O2-. The molecule has 0 bridgehead atoms. The van der Waals surface area contributed by atoms with Crippen LogP contribution in [0.5, 0.6) is 0 Å². The normalized spacial score (nSPS) is 20.7. The van der Waals surface area contributed by atoms with Gasteiger partial charge in [0, 0.05) is 0 Å². The van der Waals surface area contributed by atoms with E-state index in [1.807, 2.05) is 6.07 Å². The number of carbonyl (C=O) groups is 1. The third kappa shape index (κ3) is 1.97. The van der Waals surface area contributed by atoms with E-state index < -0.39 is 5.97 Å². The minimum absolute atomic E-state index is 0.0519. The first kappa shape index (κ1) is 12.2. The van der Waals surface area contributed by atoms with E-state index >= 15 is 0 Å². The molecule has 2 heteroatoms. The Hall–Kier alpha value is -1.31. The molecule has 17 heavy (non-hydrogen) atoms. The molecule has 0 N–H and O–H groups in total. The second-order valence-corrected chi connectivity index (χ2v) is 6.32. The molecule has 1 aliphatic carbocycles. The van der Waals surface area contributed by atoms with Gasteiger partial charge in [-0.25, -0.2) is 0 Å².